The highest BCUT2D eigenvalue weighted by Gasteiger charge is 2.26. The van der Waals surface area contributed by atoms with Crippen molar-refractivity contribution in [3.8, 4) is 11.4 Å². The summed E-state index contributed by atoms with van der Waals surface area (Å²) >= 11 is 0. The van der Waals surface area contributed by atoms with Crippen molar-refractivity contribution in [2.24, 2.45) is 5.73 Å². The van der Waals surface area contributed by atoms with E-state index < -0.39 is 5.91 Å². The van der Waals surface area contributed by atoms with Crippen LogP contribution in [0.2, 0.25) is 0 Å². The van der Waals surface area contributed by atoms with Gasteiger partial charge in [-0.15, -0.1) is 0 Å². The van der Waals surface area contributed by atoms with Crippen molar-refractivity contribution in [3.63, 3.8) is 0 Å². The number of carbonyl (C=O) groups is 2. The summed E-state index contributed by atoms with van der Waals surface area (Å²) in [6.07, 6.45) is 3.08. The number of phenolic OH excluding ortho intramolecular Hbond substituents is 1. The molecule has 2 aromatic heterocycles. The molecule has 0 saturated carbocycles. The van der Waals surface area contributed by atoms with Gasteiger partial charge in [0.25, 0.3) is 5.91 Å². The molecular weight excluding hydrogens is 386 g/mol. The number of aromatic nitrogens is 3. The predicted molar refractivity (Wildman–Crippen MR) is 113 cm³/mol. The Bertz CT molecular complexity index is 1180. The lowest BCUT2D eigenvalue weighted by Gasteiger charge is -2.15. The van der Waals surface area contributed by atoms with Gasteiger partial charge in [0, 0.05) is 11.8 Å². The largest absolute Gasteiger partial charge is 0.508 e. The van der Waals surface area contributed by atoms with Crippen LogP contribution in [-0.2, 0) is 4.79 Å². The molecule has 0 radical (unpaired) electrons. The average molecular weight is 409 g/mol. The summed E-state index contributed by atoms with van der Waals surface area (Å²) in [5.41, 5.74) is 14.2. The lowest BCUT2D eigenvalue weighted by Crippen LogP contribution is -2.36. The van der Waals surface area contributed by atoms with Crippen molar-refractivity contribution in [2.75, 3.05) is 17.6 Å². The van der Waals surface area contributed by atoms with Crippen LogP contribution in [0.25, 0.3) is 16.7 Å². The maximum Gasteiger partial charge on any atom is 0.253 e. The smallest absolute Gasteiger partial charge is 0.253 e. The van der Waals surface area contributed by atoms with Crippen LogP contribution in [0.1, 0.15) is 34.3 Å². The Labute approximate surface area is 172 Å². The molecule has 3 heterocycles. The molecule has 156 valence electrons. The molecular formula is C20H23N7O3. The van der Waals surface area contributed by atoms with Gasteiger partial charge in [0.1, 0.15) is 11.6 Å². The number of phenols is 1. The van der Waals surface area contributed by atoms with E-state index in [1.807, 2.05) is 6.92 Å². The quantitative estimate of drug-likeness (QED) is 0.431. The Morgan fingerprint density at radius 1 is 1.33 bits per heavy atom. The Balaban J connectivity index is 1.91. The predicted octanol–water partition coefficient (Wildman–Crippen LogP) is 1.11. The second kappa shape index (κ2) is 7.30. The van der Waals surface area contributed by atoms with E-state index in [9.17, 15) is 14.7 Å². The molecule has 4 rings (SSSR count). The van der Waals surface area contributed by atoms with Gasteiger partial charge < -0.3 is 21.9 Å². The molecule has 0 unspecified atom stereocenters. The molecule has 1 aliphatic rings. The summed E-state index contributed by atoms with van der Waals surface area (Å²) in [4.78, 5) is 33.2. The first-order valence-corrected chi connectivity index (χ1v) is 9.60. The van der Waals surface area contributed by atoms with Gasteiger partial charge in [-0.3, -0.25) is 19.5 Å². The van der Waals surface area contributed by atoms with Crippen LogP contribution < -0.4 is 22.1 Å². The Morgan fingerprint density at radius 3 is 2.77 bits per heavy atom. The third kappa shape index (κ3) is 3.11. The first-order valence-electron chi connectivity index (χ1n) is 9.60. The lowest BCUT2D eigenvalue weighted by atomic mass is 10.1. The van der Waals surface area contributed by atoms with Gasteiger partial charge in [0.2, 0.25) is 11.9 Å². The number of carbonyl (C=O) groups excluding carboxylic acids is 2. The van der Waals surface area contributed by atoms with E-state index in [1.54, 1.807) is 23.6 Å². The summed E-state index contributed by atoms with van der Waals surface area (Å²) in [6.45, 7) is 4.38. The van der Waals surface area contributed by atoms with Crippen LogP contribution in [-0.4, -0.2) is 44.0 Å². The van der Waals surface area contributed by atoms with E-state index >= 15 is 0 Å². The summed E-state index contributed by atoms with van der Waals surface area (Å²) < 4.78 is 1.56. The normalized spacial score (nSPS) is 16.1. The van der Waals surface area contributed by atoms with E-state index in [0.717, 1.165) is 24.9 Å². The number of aryl methyl sites for hydroxylation is 1. The first-order chi connectivity index (χ1) is 14.3. The van der Waals surface area contributed by atoms with Crippen molar-refractivity contribution < 1.29 is 14.7 Å². The monoisotopic (exact) mass is 409 g/mol. The van der Waals surface area contributed by atoms with Gasteiger partial charge in [-0.25, -0.2) is 4.98 Å². The SMILES string of the molecule is Cc1ccc(O)c(C)c1-n1c(N)c(C(N)=O)c2cnc(NC(=O)[C@H]3CCCN3)nc21. The summed E-state index contributed by atoms with van der Waals surface area (Å²) in [6, 6.07) is 3.03. The van der Waals surface area contributed by atoms with Crippen LogP contribution in [0.5, 0.6) is 5.75 Å². The Hall–Kier alpha value is -3.66. The van der Waals surface area contributed by atoms with Gasteiger partial charge >= 0.3 is 0 Å². The fraction of sp³-hybridized carbons (Fsp3) is 0.300. The molecule has 10 nitrogen and oxygen atoms in total. The number of nitrogens with two attached hydrogens (primary N) is 2. The summed E-state index contributed by atoms with van der Waals surface area (Å²) in [5.74, 6) is -0.691. The minimum Gasteiger partial charge on any atom is -0.508 e. The van der Waals surface area contributed by atoms with E-state index in [0.29, 0.717) is 22.3 Å². The number of benzene rings is 1. The molecule has 1 fully saturated rings. The molecule has 10 heteroatoms. The topological polar surface area (TPSA) is 161 Å². The zero-order chi connectivity index (χ0) is 21.6. The molecule has 0 spiro atoms. The second-order valence-electron chi connectivity index (χ2n) is 7.40. The van der Waals surface area contributed by atoms with Gasteiger partial charge in [-0.2, -0.15) is 4.98 Å². The maximum atomic E-state index is 12.4. The fourth-order valence-corrected chi connectivity index (χ4v) is 3.90. The van der Waals surface area contributed by atoms with Crippen LogP contribution in [0, 0.1) is 13.8 Å². The fourth-order valence-electron chi connectivity index (χ4n) is 3.90. The molecule has 30 heavy (non-hydrogen) atoms. The highest BCUT2D eigenvalue weighted by molar-refractivity contribution is 6.11. The van der Waals surface area contributed by atoms with E-state index in [2.05, 4.69) is 20.6 Å². The molecule has 1 saturated heterocycles. The Morgan fingerprint density at radius 2 is 2.10 bits per heavy atom. The average Bonchev–Trinajstić information content (AvgIpc) is 3.32. The number of amides is 2. The van der Waals surface area contributed by atoms with E-state index in [-0.39, 0.29) is 35.0 Å². The van der Waals surface area contributed by atoms with Crippen molar-refractivity contribution in [1.29, 1.82) is 0 Å². The highest BCUT2D eigenvalue weighted by atomic mass is 16.3. The third-order valence-electron chi connectivity index (χ3n) is 5.43. The number of nitrogens with zero attached hydrogens (tertiary/aromatic N) is 3. The van der Waals surface area contributed by atoms with E-state index in [1.165, 1.54) is 6.20 Å². The number of nitrogen functional groups attached to an aromatic ring is 1. The van der Waals surface area contributed by atoms with Gasteiger partial charge in [0.05, 0.1) is 22.7 Å². The first kappa shape index (κ1) is 19.6. The molecule has 0 aliphatic carbocycles. The van der Waals surface area contributed by atoms with E-state index in [4.69, 9.17) is 11.5 Å². The van der Waals surface area contributed by atoms with Crippen molar-refractivity contribution >= 4 is 34.6 Å². The van der Waals surface area contributed by atoms with Gasteiger partial charge in [-0.05, 0) is 44.9 Å². The minimum absolute atomic E-state index is 0.0763. The number of aromatic hydroxyl groups is 1. The Kier molecular flexibility index (Phi) is 4.78. The zero-order valence-corrected chi connectivity index (χ0v) is 16.7. The minimum atomic E-state index is -0.720. The molecule has 7 N–H and O–H groups in total. The number of rotatable bonds is 4. The molecule has 3 aromatic rings. The number of anilines is 2. The van der Waals surface area contributed by atoms with Crippen LogP contribution in [0.15, 0.2) is 18.3 Å². The molecule has 2 amide bonds. The van der Waals surface area contributed by atoms with Crippen LogP contribution in [0.3, 0.4) is 0 Å². The van der Waals surface area contributed by atoms with Crippen molar-refractivity contribution in [3.05, 3.63) is 35.0 Å². The number of nitrogens with one attached hydrogen (secondary N) is 2. The molecule has 1 aromatic carbocycles. The molecule has 1 atom stereocenters. The summed E-state index contributed by atoms with van der Waals surface area (Å²) in [7, 11) is 0. The third-order valence-corrected chi connectivity index (χ3v) is 5.43. The van der Waals surface area contributed by atoms with Crippen LogP contribution in [0.4, 0.5) is 11.8 Å². The standard InChI is InChI=1S/C20H23N7O3/c1-9-5-6-13(28)10(2)15(9)27-16(21)14(17(22)29)11-8-24-20(25-18(11)27)26-19(30)12-4-3-7-23-12/h5-6,8,12,23,28H,3-4,7,21H2,1-2H3,(H2,22,29)(H,24,25,26,30)/t12-/m1/s1. The summed E-state index contributed by atoms with van der Waals surface area (Å²) in [5, 5.41) is 16.4. The second-order valence-corrected chi connectivity index (χ2v) is 7.40. The van der Waals surface area contributed by atoms with Crippen molar-refractivity contribution in [2.45, 2.75) is 32.7 Å². The number of hydrogen-bond donors (Lipinski definition) is 5. The highest BCUT2D eigenvalue weighted by Crippen LogP contribution is 2.35. The zero-order valence-electron chi connectivity index (χ0n) is 16.7. The lowest BCUT2D eigenvalue weighted by molar-refractivity contribution is -0.117. The number of fused-ring (bicyclic) bond motifs is 1. The maximum absolute atomic E-state index is 12.4. The molecule has 0 bridgehead atoms. The van der Waals surface area contributed by atoms with Gasteiger partial charge in [-0.1, -0.05) is 6.07 Å². The van der Waals surface area contributed by atoms with Crippen molar-refractivity contribution in [1.82, 2.24) is 19.9 Å². The molecule has 1 aliphatic heterocycles. The number of hydrogen-bond acceptors (Lipinski definition) is 7. The number of primary amides is 1. The van der Waals surface area contributed by atoms with Crippen LogP contribution >= 0.6 is 0 Å². The van der Waals surface area contributed by atoms with Gasteiger partial charge in [0.15, 0.2) is 5.65 Å².